The molecule has 0 unspecified atom stereocenters. The number of benzene rings is 3. The van der Waals surface area contributed by atoms with Gasteiger partial charge in [-0.2, -0.15) is 5.10 Å². The maximum Gasteiger partial charge on any atom is 0.289 e. The third-order valence-corrected chi connectivity index (χ3v) is 6.32. The van der Waals surface area contributed by atoms with Gasteiger partial charge in [-0.15, -0.1) is 0 Å². The summed E-state index contributed by atoms with van der Waals surface area (Å²) in [6, 6.07) is 22.0. The molecule has 164 valence electrons. The average Bonchev–Trinajstić information content (AvgIpc) is 2.82. The van der Waals surface area contributed by atoms with Gasteiger partial charge in [-0.1, -0.05) is 60.7 Å². The Morgan fingerprint density at radius 2 is 1.53 bits per heavy atom. The van der Waals surface area contributed by atoms with E-state index in [2.05, 4.69) is 10.5 Å². The molecule has 3 aromatic carbocycles. The van der Waals surface area contributed by atoms with E-state index < -0.39 is 38.0 Å². The average molecular weight is 452 g/mol. The standard InChI is InChI=1S/C22H20N4O5S/c1-17(18-10-4-2-5-11-18)23-24-22(27)16-25(19-12-6-3-7-13-19)32(30,31)21-15-9-8-14-20(21)26(28)29/h2-15H,16H2,1H3,(H,24,27)/b23-17+. The van der Waals surface area contributed by atoms with Crippen LogP contribution in [0.2, 0.25) is 0 Å². The van der Waals surface area contributed by atoms with Crippen LogP contribution in [0.4, 0.5) is 11.4 Å². The highest BCUT2D eigenvalue weighted by atomic mass is 32.2. The maximum absolute atomic E-state index is 13.4. The molecule has 1 N–H and O–H groups in total. The molecule has 0 heterocycles. The van der Waals surface area contributed by atoms with E-state index in [1.165, 1.54) is 24.3 Å². The molecule has 0 fully saturated rings. The predicted octanol–water partition coefficient (Wildman–Crippen LogP) is 3.33. The number of hydrazone groups is 1. The molecule has 3 rings (SSSR count). The first-order chi connectivity index (χ1) is 15.3. The molecule has 0 aliphatic carbocycles. The smallest absolute Gasteiger partial charge is 0.271 e. The van der Waals surface area contributed by atoms with Gasteiger partial charge in [-0.3, -0.25) is 19.2 Å². The Labute approximate surface area is 185 Å². The largest absolute Gasteiger partial charge is 0.289 e. The van der Waals surface area contributed by atoms with Gasteiger partial charge in [0.2, 0.25) is 0 Å². The third kappa shape index (κ3) is 5.16. The van der Waals surface area contributed by atoms with Gasteiger partial charge in [0.25, 0.3) is 21.6 Å². The van der Waals surface area contributed by atoms with E-state index in [9.17, 15) is 23.3 Å². The predicted molar refractivity (Wildman–Crippen MR) is 121 cm³/mol. The lowest BCUT2D eigenvalue weighted by atomic mass is 10.1. The van der Waals surface area contributed by atoms with Gasteiger partial charge in [0, 0.05) is 6.07 Å². The summed E-state index contributed by atoms with van der Waals surface area (Å²) in [6.45, 7) is 1.08. The number of hydrogen-bond donors (Lipinski definition) is 1. The Balaban J connectivity index is 1.93. The van der Waals surface area contributed by atoms with E-state index in [0.717, 1.165) is 22.0 Å². The molecule has 1 amide bonds. The number of hydrogen-bond acceptors (Lipinski definition) is 6. The number of nitro groups is 1. The number of nitrogens with one attached hydrogen (secondary N) is 1. The first-order valence-electron chi connectivity index (χ1n) is 9.50. The first-order valence-corrected chi connectivity index (χ1v) is 10.9. The van der Waals surface area contributed by atoms with Crippen molar-refractivity contribution in [2.24, 2.45) is 5.10 Å². The second kappa shape index (κ2) is 9.84. The zero-order valence-corrected chi connectivity index (χ0v) is 17.9. The number of rotatable bonds is 8. The van der Waals surface area contributed by atoms with Gasteiger partial charge in [-0.25, -0.2) is 13.8 Å². The second-order valence-electron chi connectivity index (χ2n) is 6.67. The van der Waals surface area contributed by atoms with Crippen LogP contribution in [0.5, 0.6) is 0 Å². The van der Waals surface area contributed by atoms with Crippen LogP contribution in [-0.2, 0) is 14.8 Å². The van der Waals surface area contributed by atoms with Crippen LogP contribution in [0.3, 0.4) is 0 Å². The lowest BCUT2D eigenvalue weighted by molar-refractivity contribution is -0.387. The maximum atomic E-state index is 13.4. The fourth-order valence-electron chi connectivity index (χ4n) is 2.91. The van der Waals surface area contributed by atoms with Crippen molar-refractivity contribution in [1.82, 2.24) is 5.43 Å². The molecule has 0 aliphatic heterocycles. The Morgan fingerprint density at radius 3 is 2.16 bits per heavy atom. The Bertz CT molecular complexity index is 1250. The number of nitro benzene ring substituents is 1. The summed E-state index contributed by atoms with van der Waals surface area (Å²) in [5, 5.41) is 15.4. The summed E-state index contributed by atoms with van der Waals surface area (Å²) < 4.78 is 27.5. The number of amides is 1. The first kappa shape index (κ1) is 22.6. The zero-order chi connectivity index (χ0) is 23.1. The summed E-state index contributed by atoms with van der Waals surface area (Å²) >= 11 is 0. The van der Waals surface area contributed by atoms with Crippen molar-refractivity contribution in [2.45, 2.75) is 11.8 Å². The van der Waals surface area contributed by atoms with Crippen molar-refractivity contribution in [3.05, 3.63) is 101 Å². The zero-order valence-electron chi connectivity index (χ0n) is 17.1. The number of para-hydroxylation sites is 2. The summed E-state index contributed by atoms with van der Waals surface area (Å²) in [6.07, 6.45) is 0. The van der Waals surface area contributed by atoms with Gasteiger partial charge in [0.1, 0.15) is 6.54 Å². The lowest BCUT2D eigenvalue weighted by Crippen LogP contribution is -2.40. The van der Waals surface area contributed by atoms with E-state index in [0.29, 0.717) is 5.71 Å². The van der Waals surface area contributed by atoms with Gasteiger partial charge in [0.05, 0.1) is 16.3 Å². The molecular weight excluding hydrogens is 432 g/mol. The van der Waals surface area contributed by atoms with Crippen LogP contribution in [0.15, 0.2) is 94.9 Å². The van der Waals surface area contributed by atoms with Crippen LogP contribution < -0.4 is 9.73 Å². The number of carbonyl (C=O) groups is 1. The Hall–Kier alpha value is -4.05. The lowest BCUT2D eigenvalue weighted by Gasteiger charge is -2.23. The van der Waals surface area contributed by atoms with Crippen LogP contribution in [0.1, 0.15) is 12.5 Å². The highest BCUT2D eigenvalue weighted by molar-refractivity contribution is 7.93. The highest BCUT2D eigenvalue weighted by Gasteiger charge is 2.33. The topological polar surface area (TPSA) is 122 Å². The molecule has 0 aliphatic rings. The van der Waals surface area contributed by atoms with Crippen molar-refractivity contribution in [1.29, 1.82) is 0 Å². The molecule has 0 spiro atoms. The van der Waals surface area contributed by atoms with Crippen LogP contribution >= 0.6 is 0 Å². The highest BCUT2D eigenvalue weighted by Crippen LogP contribution is 2.29. The summed E-state index contributed by atoms with van der Waals surface area (Å²) in [5.41, 5.74) is 3.28. The monoisotopic (exact) mass is 452 g/mol. The van der Waals surface area contributed by atoms with E-state index in [-0.39, 0.29) is 5.69 Å². The van der Waals surface area contributed by atoms with Gasteiger partial charge >= 0.3 is 0 Å². The molecule has 9 nitrogen and oxygen atoms in total. The molecule has 0 aromatic heterocycles. The molecular formula is C22H20N4O5S. The van der Waals surface area contributed by atoms with E-state index in [4.69, 9.17) is 0 Å². The number of nitrogens with zero attached hydrogens (tertiary/aromatic N) is 3. The molecule has 0 radical (unpaired) electrons. The van der Waals surface area contributed by atoms with E-state index in [1.807, 2.05) is 30.3 Å². The summed E-state index contributed by atoms with van der Waals surface area (Å²) in [4.78, 5) is 22.7. The minimum atomic E-state index is -4.43. The van der Waals surface area contributed by atoms with Crippen LogP contribution in [0, 0.1) is 10.1 Å². The van der Waals surface area contributed by atoms with Crippen LogP contribution in [0.25, 0.3) is 0 Å². The molecule has 10 heteroatoms. The molecule has 32 heavy (non-hydrogen) atoms. The normalized spacial score (nSPS) is 11.6. The number of anilines is 1. The van der Waals surface area contributed by atoms with E-state index >= 15 is 0 Å². The molecule has 0 saturated carbocycles. The fourth-order valence-corrected chi connectivity index (χ4v) is 4.49. The van der Waals surface area contributed by atoms with Crippen molar-refractivity contribution in [3.8, 4) is 0 Å². The van der Waals surface area contributed by atoms with Crippen molar-refractivity contribution in [2.75, 3.05) is 10.8 Å². The fraction of sp³-hybridized carbons (Fsp3) is 0.0909. The van der Waals surface area contributed by atoms with E-state index in [1.54, 1.807) is 25.1 Å². The minimum absolute atomic E-state index is 0.185. The summed E-state index contributed by atoms with van der Waals surface area (Å²) in [7, 11) is -4.43. The number of carbonyl (C=O) groups excluding carboxylic acids is 1. The van der Waals surface area contributed by atoms with Crippen LogP contribution in [-0.4, -0.2) is 31.5 Å². The number of sulfonamides is 1. The summed E-state index contributed by atoms with van der Waals surface area (Å²) in [5.74, 6) is -0.703. The Kier molecular flexibility index (Phi) is 6.96. The van der Waals surface area contributed by atoms with Gasteiger partial charge < -0.3 is 0 Å². The Morgan fingerprint density at radius 1 is 0.969 bits per heavy atom. The van der Waals surface area contributed by atoms with Crippen molar-refractivity contribution in [3.63, 3.8) is 0 Å². The second-order valence-corrected chi connectivity index (χ2v) is 8.50. The van der Waals surface area contributed by atoms with Gasteiger partial charge in [-0.05, 0) is 30.7 Å². The quantitative estimate of drug-likeness (QED) is 0.319. The molecule has 0 atom stereocenters. The molecule has 0 saturated heterocycles. The third-order valence-electron chi connectivity index (χ3n) is 4.50. The van der Waals surface area contributed by atoms with Crippen molar-refractivity contribution >= 4 is 33.0 Å². The SMILES string of the molecule is C/C(=N\NC(=O)CN(c1ccccc1)S(=O)(=O)c1ccccc1[N+](=O)[O-])c1ccccc1. The molecule has 0 bridgehead atoms. The van der Waals surface area contributed by atoms with Gasteiger partial charge in [0.15, 0.2) is 4.90 Å². The van der Waals surface area contributed by atoms with Crippen molar-refractivity contribution < 1.29 is 18.1 Å². The molecule has 3 aromatic rings. The minimum Gasteiger partial charge on any atom is -0.271 e.